The summed E-state index contributed by atoms with van der Waals surface area (Å²) in [7, 11) is 1.78. The van der Waals surface area contributed by atoms with Gasteiger partial charge in [-0.2, -0.15) is 0 Å². The molecule has 0 saturated heterocycles. The lowest BCUT2D eigenvalue weighted by Gasteiger charge is -2.10. The van der Waals surface area contributed by atoms with E-state index in [0.29, 0.717) is 6.54 Å². The van der Waals surface area contributed by atoms with Gasteiger partial charge in [-0.15, -0.1) is 22.7 Å². The average molecular weight is 338 g/mol. The van der Waals surface area contributed by atoms with Gasteiger partial charge in [0.15, 0.2) is 5.96 Å². The maximum absolute atomic E-state index is 4.57. The van der Waals surface area contributed by atoms with E-state index in [0.717, 1.165) is 41.7 Å². The largest absolute Gasteiger partial charge is 0.356 e. The second-order valence-electron chi connectivity index (χ2n) is 4.94. The number of thiazole rings is 2. The molecule has 0 amide bonds. The van der Waals surface area contributed by atoms with E-state index in [4.69, 9.17) is 0 Å². The Balaban J connectivity index is 1.75. The van der Waals surface area contributed by atoms with E-state index >= 15 is 0 Å². The van der Waals surface area contributed by atoms with Crippen molar-refractivity contribution in [2.45, 2.75) is 40.2 Å². The fraction of sp³-hybridized carbons (Fsp3) is 0.533. The van der Waals surface area contributed by atoms with E-state index in [1.807, 2.05) is 6.92 Å². The van der Waals surface area contributed by atoms with Gasteiger partial charge in [-0.25, -0.2) is 9.97 Å². The Morgan fingerprint density at radius 3 is 2.64 bits per heavy atom. The molecule has 0 fully saturated rings. The van der Waals surface area contributed by atoms with Crippen LogP contribution in [0.3, 0.4) is 0 Å². The van der Waals surface area contributed by atoms with Gasteiger partial charge < -0.3 is 10.6 Å². The standard InChI is InChI=1S/C15H23N5S2/c1-5-13-20-12(9-21-13)6-7-17-15(16-4)18-8-14-19-10(2)11(3)22-14/h9H,5-8H2,1-4H3,(H2,16,17,18). The summed E-state index contributed by atoms with van der Waals surface area (Å²) in [6, 6.07) is 0. The van der Waals surface area contributed by atoms with Crippen LogP contribution in [-0.4, -0.2) is 29.5 Å². The maximum atomic E-state index is 4.57. The van der Waals surface area contributed by atoms with Crippen molar-refractivity contribution < 1.29 is 0 Å². The fourth-order valence-corrected chi connectivity index (χ4v) is 3.58. The molecule has 0 aliphatic heterocycles. The van der Waals surface area contributed by atoms with Gasteiger partial charge in [-0.3, -0.25) is 4.99 Å². The van der Waals surface area contributed by atoms with Crippen LogP contribution in [0, 0.1) is 13.8 Å². The number of nitrogens with zero attached hydrogens (tertiary/aromatic N) is 3. The van der Waals surface area contributed by atoms with E-state index in [1.54, 1.807) is 29.7 Å². The lowest BCUT2D eigenvalue weighted by molar-refractivity contribution is 0.781. The van der Waals surface area contributed by atoms with Gasteiger partial charge in [0.05, 0.1) is 22.9 Å². The summed E-state index contributed by atoms with van der Waals surface area (Å²) in [5.41, 5.74) is 2.26. The van der Waals surface area contributed by atoms with Crippen molar-refractivity contribution in [3.8, 4) is 0 Å². The van der Waals surface area contributed by atoms with Crippen LogP contribution in [0.25, 0.3) is 0 Å². The highest BCUT2D eigenvalue weighted by molar-refractivity contribution is 7.11. The molecule has 120 valence electrons. The van der Waals surface area contributed by atoms with Crippen LogP contribution in [0.2, 0.25) is 0 Å². The number of rotatable bonds is 6. The first-order chi connectivity index (χ1) is 10.6. The first kappa shape index (κ1) is 16.9. The molecule has 0 spiro atoms. The molecule has 0 radical (unpaired) electrons. The van der Waals surface area contributed by atoms with Crippen molar-refractivity contribution in [1.29, 1.82) is 0 Å². The van der Waals surface area contributed by atoms with E-state index in [9.17, 15) is 0 Å². The highest BCUT2D eigenvalue weighted by atomic mass is 32.1. The minimum Gasteiger partial charge on any atom is -0.356 e. The molecule has 22 heavy (non-hydrogen) atoms. The Labute approximate surface area is 139 Å². The second kappa shape index (κ2) is 8.24. The summed E-state index contributed by atoms with van der Waals surface area (Å²) < 4.78 is 0. The minimum atomic E-state index is 0.704. The molecule has 7 heteroatoms. The third kappa shape index (κ3) is 4.78. The molecule has 2 N–H and O–H groups in total. The molecule has 2 aromatic rings. The molecule has 2 aromatic heterocycles. The van der Waals surface area contributed by atoms with Crippen LogP contribution < -0.4 is 10.6 Å². The number of aliphatic imine (C=N–C) groups is 1. The van der Waals surface area contributed by atoms with E-state index in [2.05, 4.69) is 44.8 Å². The van der Waals surface area contributed by atoms with Gasteiger partial charge >= 0.3 is 0 Å². The van der Waals surface area contributed by atoms with E-state index in [1.165, 1.54) is 9.88 Å². The molecular weight excluding hydrogens is 314 g/mol. The zero-order chi connectivity index (χ0) is 15.9. The SMILES string of the molecule is CCc1nc(CCNC(=NC)NCc2nc(C)c(C)s2)cs1. The predicted molar refractivity (Wildman–Crippen MR) is 95.0 cm³/mol. The van der Waals surface area contributed by atoms with E-state index < -0.39 is 0 Å². The Hall–Kier alpha value is -1.47. The monoisotopic (exact) mass is 337 g/mol. The lowest BCUT2D eigenvalue weighted by Crippen LogP contribution is -2.37. The first-order valence-electron chi connectivity index (χ1n) is 7.43. The summed E-state index contributed by atoms with van der Waals surface area (Å²) in [6.45, 7) is 7.80. The van der Waals surface area contributed by atoms with Crippen LogP contribution in [-0.2, 0) is 19.4 Å². The first-order valence-corrected chi connectivity index (χ1v) is 9.12. The highest BCUT2D eigenvalue weighted by Gasteiger charge is 2.05. The van der Waals surface area contributed by atoms with Crippen LogP contribution in [0.5, 0.6) is 0 Å². The van der Waals surface area contributed by atoms with Crippen molar-refractivity contribution in [1.82, 2.24) is 20.6 Å². The third-order valence-electron chi connectivity index (χ3n) is 3.28. The number of hydrogen-bond donors (Lipinski definition) is 2. The summed E-state index contributed by atoms with van der Waals surface area (Å²) in [6.07, 6.45) is 1.92. The third-order valence-corrected chi connectivity index (χ3v) is 5.39. The maximum Gasteiger partial charge on any atom is 0.191 e. The Morgan fingerprint density at radius 1 is 1.23 bits per heavy atom. The average Bonchev–Trinajstić information content (AvgIpc) is 3.09. The van der Waals surface area contributed by atoms with Crippen LogP contribution in [0.1, 0.15) is 33.2 Å². The molecule has 0 bridgehead atoms. The number of aromatic nitrogens is 2. The quantitative estimate of drug-likeness (QED) is 0.628. The molecule has 2 rings (SSSR count). The van der Waals surface area contributed by atoms with E-state index in [-0.39, 0.29) is 0 Å². The van der Waals surface area contributed by atoms with Gasteiger partial charge in [0.25, 0.3) is 0 Å². The smallest absolute Gasteiger partial charge is 0.191 e. The van der Waals surface area contributed by atoms with Crippen molar-refractivity contribution in [3.05, 3.63) is 31.7 Å². The van der Waals surface area contributed by atoms with Crippen molar-refractivity contribution in [2.24, 2.45) is 4.99 Å². The zero-order valence-electron chi connectivity index (χ0n) is 13.6. The predicted octanol–water partition coefficient (Wildman–Crippen LogP) is 2.69. The summed E-state index contributed by atoms with van der Waals surface area (Å²) in [5.74, 6) is 0.802. The summed E-state index contributed by atoms with van der Waals surface area (Å²) in [4.78, 5) is 14.6. The fourth-order valence-electron chi connectivity index (χ4n) is 1.93. The van der Waals surface area contributed by atoms with Crippen LogP contribution in [0.15, 0.2) is 10.4 Å². The minimum absolute atomic E-state index is 0.704. The molecule has 0 aromatic carbocycles. The Morgan fingerprint density at radius 2 is 2.05 bits per heavy atom. The number of aryl methyl sites for hydroxylation is 3. The molecule has 0 aliphatic rings. The summed E-state index contributed by atoms with van der Waals surface area (Å²) >= 11 is 3.46. The van der Waals surface area contributed by atoms with Crippen LogP contribution in [0.4, 0.5) is 0 Å². The van der Waals surface area contributed by atoms with Gasteiger partial charge in [0.1, 0.15) is 5.01 Å². The molecular formula is C15H23N5S2. The topological polar surface area (TPSA) is 62.2 Å². The molecule has 0 unspecified atom stereocenters. The number of nitrogens with one attached hydrogen (secondary N) is 2. The highest BCUT2D eigenvalue weighted by Crippen LogP contribution is 2.15. The lowest BCUT2D eigenvalue weighted by atomic mass is 10.3. The van der Waals surface area contributed by atoms with Gasteiger partial charge in [-0.05, 0) is 20.3 Å². The number of hydrogen-bond acceptors (Lipinski definition) is 5. The molecule has 0 atom stereocenters. The number of guanidine groups is 1. The molecule has 5 nitrogen and oxygen atoms in total. The molecule has 0 aliphatic carbocycles. The second-order valence-corrected chi connectivity index (χ2v) is 7.17. The van der Waals surface area contributed by atoms with Crippen molar-refractivity contribution in [3.63, 3.8) is 0 Å². The Kier molecular flexibility index (Phi) is 6.33. The van der Waals surface area contributed by atoms with Gasteiger partial charge in [0.2, 0.25) is 0 Å². The molecule has 2 heterocycles. The normalized spacial score (nSPS) is 11.7. The van der Waals surface area contributed by atoms with Gasteiger partial charge in [0, 0.05) is 30.3 Å². The van der Waals surface area contributed by atoms with Crippen LogP contribution >= 0.6 is 22.7 Å². The van der Waals surface area contributed by atoms with Crippen molar-refractivity contribution >= 4 is 28.6 Å². The summed E-state index contributed by atoms with van der Waals surface area (Å²) in [5, 5.41) is 11.0. The zero-order valence-corrected chi connectivity index (χ0v) is 15.2. The molecule has 0 saturated carbocycles. The van der Waals surface area contributed by atoms with Gasteiger partial charge in [-0.1, -0.05) is 6.92 Å². The van der Waals surface area contributed by atoms with Crippen molar-refractivity contribution in [2.75, 3.05) is 13.6 Å². The Bertz CT molecular complexity index is 610.